The predicted molar refractivity (Wildman–Crippen MR) is 72.9 cm³/mol. The maximum absolute atomic E-state index is 8.83. The Morgan fingerprint density at radius 1 is 1.33 bits per heavy atom. The van der Waals surface area contributed by atoms with Gasteiger partial charge in [0.1, 0.15) is 11.6 Å². The van der Waals surface area contributed by atoms with Crippen molar-refractivity contribution in [1.82, 2.24) is 4.98 Å². The molecule has 4 nitrogen and oxygen atoms in total. The molecule has 2 rings (SSSR count). The van der Waals surface area contributed by atoms with Crippen LogP contribution in [0.25, 0.3) is 0 Å². The number of halogens is 1. The number of benzene rings is 1. The van der Waals surface area contributed by atoms with Gasteiger partial charge < -0.3 is 10.1 Å². The van der Waals surface area contributed by atoms with Crippen molar-refractivity contribution in [2.45, 2.75) is 0 Å². The van der Waals surface area contributed by atoms with Gasteiger partial charge >= 0.3 is 0 Å². The first kappa shape index (κ1) is 12.4. The summed E-state index contributed by atoms with van der Waals surface area (Å²) in [6.07, 6.45) is 1.59. The predicted octanol–water partition coefficient (Wildman–Crippen LogP) is 3.47. The number of methoxy groups -OCH3 is 1. The fourth-order valence-corrected chi connectivity index (χ4v) is 1.78. The van der Waals surface area contributed by atoms with E-state index in [4.69, 9.17) is 10.00 Å². The maximum atomic E-state index is 8.83. The first-order valence-electron chi connectivity index (χ1n) is 5.19. The first-order valence-corrected chi connectivity index (χ1v) is 5.99. The van der Waals surface area contributed by atoms with Gasteiger partial charge in [-0.3, -0.25) is 0 Å². The van der Waals surface area contributed by atoms with Gasteiger partial charge in [0.15, 0.2) is 0 Å². The number of nitrogens with one attached hydrogen (secondary N) is 1. The van der Waals surface area contributed by atoms with Gasteiger partial charge in [-0.1, -0.05) is 0 Å². The quantitative estimate of drug-likeness (QED) is 0.943. The van der Waals surface area contributed by atoms with Crippen LogP contribution in [-0.4, -0.2) is 12.1 Å². The molecule has 2 aromatic rings. The highest BCUT2D eigenvalue weighted by molar-refractivity contribution is 9.10. The van der Waals surface area contributed by atoms with E-state index in [0.29, 0.717) is 11.4 Å². The summed E-state index contributed by atoms with van der Waals surface area (Å²) in [6, 6.07) is 11.0. The molecule has 1 heterocycles. The van der Waals surface area contributed by atoms with E-state index in [2.05, 4.69) is 32.3 Å². The molecule has 1 aromatic carbocycles. The Kier molecular flexibility index (Phi) is 3.80. The monoisotopic (exact) mass is 303 g/mol. The van der Waals surface area contributed by atoms with Gasteiger partial charge in [0, 0.05) is 16.7 Å². The molecule has 0 atom stereocenters. The fourth-order valence-electron chi connectivity index (χ4n) is 1.43. The Bertz CT molecular complexity index is 607. The van der Waals surface area contributed by atoms with Crippen LogP contribution in [0.3, 0.4) is 0 Å². The van der Waals surface area contributed by atoms with Crippen LogP contribution in [0.2, 0.25) is 0 Å². The van der Waals surface area contributed by atoms with Crippen LogP contribution >= 0.6 is 15.9 Å². The molecule has 0 radical (unpaired) electrons. The Hall–Kier alpha value is -2.06. The van der Waals surface area contributed by atoms with Crippen LogP contribution in [0.4, 0.5) is 11.5 Å². The summed E-state index contributed by atoms with van der Waals surface area (Å²) < 4.78 is 6.05. The third-order valence-electron chi connectivity index (χ3n) is 2.33. The van der Waals surface area contributed by atoms with Crippen molar-refractivity contribution in [3.63, 3.8) is 0 Å². The number of hydrogen-bond donors (Lipinski definition) is 1. The third-order valence-corrected chi connectivity index (χ3v) is 3.02. The van der Waals surface area contributed by atoms with Crippen molar-refractivity contribution in [1.29, 1.82) is 5.26 Å². The Morgan fingerprint density at radius 2 is 2.17 bits per heavy atom. The molecule has 0 spiro atoms. The average molecular weight is 304 g/mol. The summed E-state index contributed by atoms with van der Waals surface area (Å²) in [5, 5.41) is 12.0. The molecule has 90 valence electrons. The van der Waals surface area contributed by atoms with E-state index in [1.165, 1.54) is 0 Å². The lowest BCUT2D eigenvalue weighted by Gasteiger charge is -2.09. The zero-order valence-electron chi connectivity index (χ0n) is 9.64. The van der Waals surface area contributed by atoms with Crippen molar-refractivity contribution in [2.24, 2.45) is 0 Å². The number of anilines is 2. The second-order valence-electron chi connectivity index (χ2n) is 3.51. The molecule has 0 fully saturated rings. The minimum absolute atomic E-state index is 0.562. The third kappa shape index (κ3) is 2.79. The molecule has 0 saturated heterocycles. The normalized spacial score (nSPS) is 9.61. The number of rotatable bonds is 3. The Morgan fingerprint density at radius 3 is 2.89 bits per heavy atom. The Labute approximate surface area is 113 Å². The standard InChI is InChI=1S/C13H10BrN3O/c1-18-10-2-3-11(14)12(7-10)17-13-6-9(8-15)4-5-16-13/h2-7H,1H3,(H,16,17). The van der Waals surface area contributed by atoms with Gasteiger partial charge in [-0.25, -0.2) is 4.98 Å². The topological polar surface area (TPSA) is 57.9 Å². The molecule has 0 unspecified atom stereocenters. The number of pyridine rings is 1. The molecule has 0 amide bonds. The summed E-state index contributed by atoms with van der Waals surface area (Å²) in [5.41, 5.74) is 1.39. The summed E-state index contributed by atoms with van der Waals surface area (Å²) in [6.45, 7) is 0. The second-order valence-corrected chi connectivity index (χ2v) is 4.37. The molecular formula is C13H10BrN3O. The van der Waals surface area contributed by atoms with Crippen LogP contribution < -0.4 is 10.1 Å². The van der Waals surface area contributed by atoms with Gasteiger partial charge in [-0.05, 0) is 40.2 Å². The molecule has 0 aliphatic carbocycles. The SMILES string of the molecule is COc1ccc(Br)c(Nc2cc(C#N)ccn2)c1. The van der Waals surface area contributed by atoms with Crippen molar-refractivity contribution in [2.75, 3.05) is 12.4 Å². The molecule has 0 bridgehead atoms. The first-order chi connectivity index (χ1) is 8.72. The van der Waals surface area contributed by atoms with E-state index in [1.807, 2.05) is 18.2 Å². The number of aromatic nitrogens is 1. The maximum Gasteiger partial charge on any atom is 0.131 e. The molecule has 1 aromatic heterocycles. The minimum atomic E-state index is 0.562. The molecule has 5 heteroatoms. The molecule has 0 aliphatic heterocycles. The van der Waals surface area contributed by atoms with Crippen LogP contribution in [0.5, 0.6) is 5.75 Å². The minimum Gasteiger partial charge on any atom is -0.497 e. The van der Waals surface area contributed by atoms with E-state index in [1.54, 1.807) is 25.4 Å². The summed E-state index contributed by atoms with van der Waals surface area (Å²) in [7, 11) is 1.61. The van der Waals surface area contributed by atoms with Crippen molar-refractivity contribution >= 4 is 27.4 Å². The number of nitrogens with zero attached hydrogens (tertiary/aromatic N) is 2. The van der Waals surface area contributed by atoms with Gasteiger partial charge in [0.05, 0.1) is 24.4 Å². The zero-order chi connectivity index (χ0) is 13.0. The lowest BCUT2D eigenvalue weighted by atomic mass is 10.2. The number of ether oxygens (including phenoxy) is 1. The van der Waals surface area contributed by atoms with Crippen molar-refractivity contribution in [3.8, 4) is 11.8 Å². The van der Waals surface area contributed by atoms with Crippen LogP contribution in [0.15, 0.2) is 41.0 Å². The smallest absolute Gasteiger partial charge is 0.131 e. The van der Waals surface area contributed by atoms with E-state index in [9.17, 15) is 0 Å². The van der Waals surface area contributed by atoms with E-state index >= 15 is 0 Å². The summed E-state index contributed by atoms with van der Waals surface area (Å²) >= 11 is 3.44. The van der Waals surface area contributed by atoms with Crippen molar-refractivity contribution < 1.29 is 4.74 Å². The molecule has 1 N–H and O–H groups in total. The van der Waals surface area contributed by atoms with Crippen LogP contribution in [0, 0.1) is 11.3 Å². The van der Waals surface area contributed by atoms with Gasteiger partial charge in [0.2, 0.25) is 0 Å². The highest BCUT2D eigenvalue weighted by Crippen LogP contribution is 2.29. The highest BCUT2D eigenvalue weighted by atomic mass is 79.9. The lowest BCUT2D eigenvalue weighted by molar-refractivity contribution is 0.415. The zero-order valence-corrected chi connectivity index (χ0v) is 11.2. The Balaban J connectivity index is 2.30. The molecule has 18 heavy (non-hydrogen) atoms. The average Bonchev–Trinajstić information content (AvgIpc) is 2.41. The summed E-state index contributed by atoms with van der Waals surface area (Å²) in [4.78, 5) is 4.16. The summed E-state index contributed by atoms with van der Waals surface area (Å²) in [5.74, 6) is 1.36. The number of hydrogen-bond acceptors (Lipinski definition) is 4. The van der Waals surface area contributed by atoms with Crippen LogP contribution in [0.1, 0.15) is 5.56 Å². The van der Waals surface area contributed by atoms with E-state index in [0.717, 1.165) is 15.9 Å². The van der Waals surface area contributed by atoms with E-state index < -0.39 is 0 Å². The molecule has 0 aliphatic rings. The van der Waals surface area contributed by atoms with Gasteiger partial charge in [0.25, 0.3) is 0 Å². The van der Waals surface area contributed by atoms with Gasteiger partial charge in [-0.2, -0.15) is 5.26 Å². The largest absolute Gasteiger partial charge is 0.497 e. The number of nitriles is 1. The molecular weight excluding hydrogens is 294 g/mol. The van der Waals surface area contributed by atoms with E-state index in [-0.39, 0.29) is 0 Å². The molecule has 0 saturated carbocycles. The van der Waals surface area contributed by atoms with Crippen LogP contribution in [-0.2, 0) is 0 Å². The highest BCUT2D eigenvalue weighted by Gasteiger charge is 2.04. The lowest BCUT2D eigenvalue weighted by Crippen LogP contribution is -1.95. The van der Waals surface area contributed by atoms with Gasteiger partial charge in [-0.15, -0.1) is 0 Å². The fraction of sp³-hybridized carbons (Fsp3) is 0.0769. The second kappa shape index (κ2) is 5.52. The van der Waals surface area contributed by atoms with Crippen molar-refractivity contribution in [3.05, 3.63) is 46.6 Å².